The topological polar surface area (TPSA) is 39.4 Å². The van der Waals surface area contributed by atoms with E-state index < -0.39 is 0 Å². The van der Waals surface area contributed by atoms with E-state index in [1.54, 1.807) is 19.1 Å². The van der Waals surface area contributed by atoms with E-state index in [4.69, 9.17) is 9.47 Å². The van der Waals surface area contributed by atoms with E-state index in [0.29, 0.717) is 18.8 Å². The third kappa shape index (κ3) is 8.16. The third-order valence-electron chi connectivity index (χ3n) is 3.72. The van der Waals surface area contributed by atoms with Crippen molar-refractivity contribution >= 4 is 5.97 Å². The van der Waals surface area contributed by atoms with Crippen molar-refractivity contribution in [1.29, 1.82) is 0 Å². The Balaban J connectivity index is 0.00000312. The minimum Gasteiger partial charge on any atom is -1.00 e. The predicted molar refractivity (Wildman–Crippen MR) is 93.0 cm³/mol. The summed E-state index contributed by atoms with van der Waals surface area (Å²) in [7, 11) is 0. The largest absolute Gasteiger partial charge is 1.00 e. The predicted octanol–water partition coefficient (Wildman–Crippen LogP) is 0.794. The number of esters is 1. The van der Waals surface area contributed by atoms with E-state index in [1.165, 1.54) is 12.8 Å². The van der Waals surface area contributed by atoms with Gasteiger partial charge in [-0.05, 0) is 50.5 Å². The van der Waals surface area contributed by atoms with Gasteiger partial charge in [-0.3, -0.25) is 0 Å². The molecular formula is C20H26BrNO3. The molecule has 0 spiro atoms. The van der Waals surface area contributed by atoms with E-state index in [9.17, 15) is 4.79 Å². The number of carbonyl (C=O) groups is 1. The number of halogens is 1. The molecule has 0 amide bonds. The first kappa shape index (κ1) is 21.2. The number of rotatable bonds is 10. The zero-order valence-corrected chi connectivity index (χ0v) is 16.3. The molecule has 0 N–H and O–H groups in total. The summed E-state index contributed by atoms with van der Waals surface area (Å²) in [6.45, 7) is 3.96. The average Bonchev–Trinajstić information content (AvgIpc) is 2.62. The van der Waals surface area contributed by atoms with Crippen molar-refractivity contribution in [2.45, 2.75) is 39.2 Å². The van der Waals surface area contributed by atoms with Crippen LogP contribution in [0.4, 0.5) is 0 Å². The SMILES string of the molecule is CCOC(=O)c1ccc(OCCCCCC[n+]2ccccc2)cc1.[Br-]. The molecule has 5 heteroatoms. The minimum atomic E-state index is -0.291. The summed E-state index contributed by atoms with van der Waals surface area (Å²) in [4.78, 5) is 11.6. The number of aromatic nitrogens is 1. The fraction of sp³-hybridized carbons (Fsp3) is 0.400. The lowest BCUT2D eigenvalue weighted by Gasteiger charge is -2.07. The van der Waals surface area contributed by atoms with Crippen LogP contribution < -0.4 is 26.3 Å². The maximum absolute atomic E-state index is 11.6. The first-order valence-electron chi connectivity index (χ1n) is 8.63. The molecule has 0 radical (unpaired) electrons. The van der Waals surface area contributed by atoms with Gasteiger partial charge in [-0.15, -0.1) is 0 Å². The summed E-state index contributed by atoms with van der Waals surface area (Å²) in [5.41, 5.74) is 0.558. The molecule has 4 nitrogen and oxygen atoms in total. The first-order valence-corrected chi connectivity index (χ1v) is 8.63. The Hall–Kier alpha value is -1.88. The van der Waals surface area contributed by atoms with Gasteiger partial charge in [0.05, 0.1) is 18.8 Å². The number of nitrogens with zero attached hydrogens (tertiary/aromatic N) is 1. The molecule has 0 aliphatic heterocycles. The smallest absolute Gasteiger partial charge is 0.338 e. The fourth-order valence-electron chi connectivity index (χ4n) is 2.43. The van der Waals surface area contributed by atoms with Gasteiger partial charge in [0, 0.05) is 18.6 Å². The van der Waals surface area contributed by atoms with Crippen molar-refractivity contribution in [2.75, 3.05) is 13.2 Å². The van der Waals surface area contributed by atoms with Crippen LogP contribution in [0.5, 0.6) is 5.75 Å². The fourth-order valence-corrected chi connectivity index (χ4v) is 2.43. The number of hydrogen-bond acceptors (Lipinski definition) is 3. The molecule has 2 rings (SSSR count). The second kappa shape index (κ2) is 12.5. The Labute approximate surface area is 160 Å². The molecular weight excluding hydrogens is 382 g/mol. The number of unbranched alkanes of at least 4 members (excludes halogenated alkanes) is 3. The molecule has 0 saturated heterocycles. The molecule has 0 bridgehead atoms. The molecule has 1 aromatic carbocycles. The first-order chi connectivity index (χ1) is 11.8. The summed E-state index contributed by atoms with van der Waals surface area (Å²) >= 11 is 0. The Bertz CT molecular complexity index is 602. The third-order valence-corrected chi connectivity index (χ3v) is 3.72. The van der Waals surface area contributed by atoms with Gasteiger partial charge in [-0.2, -0.15) is 0 Å². The van der Waals surface area contributed by atoms with Crippen LogP contribution in [0.25, 0.3) is 0 Å². The van der Waals surface area contributed by atoms with E-state index in [2.05, 4.69) is 29.1 Å². The van der Waals surface area contributed by atoms with E-state index >= 15 is 0 Å². The highest BCUT2D eigenvalue weighted by molar-refractivity contribution is 5.89. The molecule has 0 saturated carbocycles. The van der Waals surface area contributed by atoms with Gasteiger partial charge >= 0.3 is 5.97 Å². The molecule has 2 aromatic rings. The van der Waals surface area contributed by atoms with Gasteiger partial charge in [0.1, 0.15) is 12.3 Å². The summed E-state index contributed by atoms with van der Waals surface area (Å²) in [6.07, 6.45) is 8.79. The number of hydrogen-bond donors (Lipinski definition) is 0. The van der Waals surface area contributed by atoms with Gasteiger partial charge in [0.25, 0.3) is 0 Å². The Kier molecular flexibility index (Phi) is 10.6. The molecule has 0 aliphatic carbocycles. The highest BCUT2D eigenvalue weighted by Gasteiger charge is 2.05. The van der Waals surface area contributed by atoms with Crippen LogP contribution in [0.1, 0.15) is 43.0 Å². The monoisotopic (exact) mass is 407 g/mol. The summed E-state index contributed by atoms with van der Waals surface area (Å²) in [6, 6.07) is 13.3. The maximum atomic E-state index is 11.6. The highest BCUT2D eigenvalue weighted by Crippen LogP contribution is 2.13. The quantitative estimate of drug-likeness (QED) is 0.332. The van der Waals surface area contributed by atoms with Crippen molar-refractivity contribution in [3.05, 3.63) is 60.4 Å². The number of aryl methyl sites for hydroxylation is 1. The van der Waals surface area contributed by atoms with Crippen LogP contribution in [-0.4, -0.2) is 19.2 Å². The zero-order valence-electron chi connectivity index (χ0n) is 14.7. The van der Waals surface area contributed by atoms with Gasteiger partial charge in [-0.1, -0.05) is 6.07 Å². The lowest BCUT2D eigenvalue weighted by molar-refractivity contribution is -0.697. The van der Waals surface area contributed by atoms with Crippen molar-refractivity contribution in [3.8, 4) is 5.75 Å². The summed E-state index contributed by atoms with van der Waals surface area (Å²) in [5, 5.41) is 0. The van der Waals surface area contributed by atoms with Crippen LogP contribution in [0.2, 0.25) is 0 Å². The number of benzene rings is 1. The van der Waals surface area contributed by atoms with Crippen LogP contribution in [0.15, 0.2) is 54.9 Å². The minimum absolute atomic E-state index is 0. The molecule has 0 atom stereocenters. The lowest BCUT2D eigenvalue weighted by atomic mass is 10.2. The number of carbonyl (C=O) groups excluding carboxylic acids is 1. The number of pyridine rings is 1. The standard InChI is InChI=1S/C20H26NO3.BrH/c1-2-23-20(22)18-10-12-19(13-11-18)24-17-9-4-3-6-14-21-15-7-5-8-16-21;/h5,7-8,10-13,15-16H,2-4,6,9,14,17H2,1H3;1H/q+1;/p-1. The van der Waals surface area contributed by atoms with Gasteiger partial charge in [0.15, 0.2) is 12.4 Å². The second-order valence-corrected chi connectivity index (χ2v) is 5.62. The summed E-state index contributed by atoms with van der Waals surface area (Å²) in [5.74, 6) is 0.503. The van der Waals surface area contributed by atoms with Crippen molar-refractivity contribution < 1.29 is 35.8 Å². The Morgan fingerprint density at radius 3 is 2.32 bits per heavy atom. The molecule has 1 aromatic heterocycles. The van der Waals surface area contributed by atoms with Gasteiger partial charge in [0.2, 0.25) is 0 Å². The van der Waals surface area contributed by atoms with Crippen LogP contribution in [0, 0.1) is 0 Å². The van der Waals surface area contributed by atoms with E-state index in [-0.39, 0.29) is 23.0 Å². The molecule has 1 heterocycles. The molecule has 0 unspecified atom stereocenters. The zero-order chi connectivity index (χ0) is 17.0. The van der Waals surface area contributed by atoms with Crippen molar-refractivity contribution in [3.63, 3.8) is 0 Å². The lowest BCUT2D eigenvalue weighted by Crippen LogP contribution is -3.00. The normalized spacial score (nSPS) is 9.96. The average molecular weight is 408 g/mol. The summed E-state index contributed by atoms with van der Waals surface area (Å²) < 4.78 is 12.9. The van der Waals surface area contributed by atoms with Crippen LogP contribution >= 0.6 is 0 Å². The van der Waals surface area contributed by atoms with Crippen molar-refractivity contribution in [2.24, 2.45) is 0 Å². The second-order valence-electron chi connectivity index (χ2n) is 5.62. The molecule has 0 fully saturated rings. The number of ether oxygens (including phenoxy) is 2. The maximum Gasteiger partial charge on any atom is 0.338 e. The van der Waals surface area contributed by atoms with Gasteiger partial charge < -0.3 is 26.5 Å². The van der Waals surface area contributed by atoms with E-state index in [1.807, 2.05) is 18.2 Å². The Morgan fingerprint density at radius 1 is 0.960 bits per heavy atom. The van der Waals surface area contributed by atoms with E-state index in [0.717, 1.165) is 25.1 Å². The molecule has 25 heavy (non-hydrogen) atoms. The van der Waals surface area contributed by atoms with Crippen LogP contribution in [0.3, 0.4) is 0 Å². The van der Waals surface area contributed by atoms with Crippen LogP contribution in [-0.2, 0) is 11.3 Å². The highest BCUT2D eigenvalue weighted by atomic mass is 79.9. The Morgan fingerprint density at radius 2 is 1.64 bits per heavy atom. The van der Waals surface area contributed by atoms with Crippen molar-refractivity contribution in [1.82, 2.24) is 0 Å². The molecule has 0 aliphatic rings. The molecule has 136 valence electrons. The van der Waals surface area contributed by atoms with Gasteiger partial charge in [-0.25, -0.2) is 9.36 Å².